The molecule has 2 aromatic heterocycles. The second-order valence-corrected chi connectivity index (χ2v) is 4.06. The second-order valence-electron chi connectivity index (χ2n) is 4.06. The summed E-state index contributed by atoms with van der Waals surface area (Å²) in [5, 5.41) is 0. The van der Waals surface area contributed by atoms with Crippen LogP contribution >= 0.6 is 0 Å². The zero-order valence-corrected chi connectivity index (χ0v) is 11.0. The van der Waals surface area contributed by atoms with Crippen molar-refractivity contribution in [3.05, 3.63) is 48.0 Å². The maximum Gasteiger partial charge on any atom is 0.339 e. The topological polar surface area (TPSA) is 55.6 Å². The lowest BCUT2D eigenvalue weighted by molar-refractivity contribution is 0.0526. The standard InChI is InChI=1S/C14H16N2O3/c1-3-18-14(17)11-6-7-13(15-9-11)16(2)10-12-5-4-8-19-12/h4-9H,3,10H2,1-2H3. The number of aromatic nitrogens is 1. The molecule has 0 saturated heterocycles. The number of carbonyl (C=O) groups is 1. The third-order valence-corrected chi connectivity index (χ3v) is 2.62. The van der Waals surface area contributed by atoms with E-state index in [0.717, 1.165) is 11.6 Å². The maximum absolute atomic E-state index is 11.5. The van der Waals surface area contributed by atoms with Gasteiger partial charge in [0.05, 0.1) is 25.0 Å². The summed E-state index contributed by atoms with van der Waals surface area (Å²) in [6.45, 7) is 2.76. The number of furan rings is 1. The molecule has 2 rings (SSSR count). The average Bonchev–Trinajstić information content (AvgIpc) is 2.92. The van der Waals surface area contributed by atoms with Crippen molar-refractivity contribution < 1.29 is 13.9 Å². The molecule has 0 N–H and O–H groups in total. The van der Waals surface area contributed by atoms with Crippen LogP contribution in [0, 0.1) is 0 Å². The number of rotatable bonds is 5. The molecule has 0 atom stereocenters. The van der Waals surface area contributed by atoms with Gasteiger partial charge in [-0.25, -0.2) is 9.78 Å². The third kappa shape index (κ3) is 3.34. The number of esters is 1. The molecule has 100 valence electrons. The lowest BCUT2D eigenvalue weighted by Gasteiger charge is -2.16. The Labute approximate surface area is 111 Å². The van der Waals surface area contributed by atoms with Gasteiger partial charge in [0.15, 0.2) is 0 Å². The molecule has 0 radical (unpaired) electrons. The van der Waals surface area contributed by atoms with E-state index in [4.69, 9.17) is 9.15 Å². The van der Waals surface area contributed by atoms with Crippen molar-refractivity contribution in [3.63, 3.8) is 0 Å². The highest BCUT2D eigenvalue weighted by Gasteiger charge is 2.09. The minimum atomic E-state index is -0.352. The Bertz CT molecular complexity index is 520. The third-order valence-electron chi connectivity index (χ3n) is 2.62. The zero-order valence-electron chi connectivity index (χ0n) is 11.0. The van der Waals surface area contributed by atoms with Gasteiger partial charge in [0.25, 0.3) is 0 Å². The summed E-state index contributed by atoms with van der Waals surface area (Å²) in [4.78, 5) is 17.7. The number of hydrogen-bond acceptors (Lipinski definition) is 5. The molecule has 5 heteroatoms. The summed E-state index contributed by atoms with van der Waals surface area (Å²) in [6.07, 6.45) is 3.16. The van der Waals surface area contributed by atoms with Crippen LogP contribution in [0.2, 0.25) is 0 Å². The SMILES string of the molecule is CCOC(=O)c1ccc(N(C)Cc2ccco2)nc1. The maximum atomic E-state index is 11.5. The summed E-state index contributed by atoms with van der Waals surface area (Å²) in [7, 11) is 1.91. The Morgan fingerprint density at radius 1 is 1.42 bits per heavy atom. The van der Waals surface area contributed by atoms with Crippen LogP contribution in [0.5, 0.6) is 0 Å². The molecule has 2 heterocycles. The molecular weight excluding hydrogens is 244 g/mol. The van der Waals surface area contributed by atoms with Crippen LogP contribution in [0.25, 0.3) is 0 Å². The highest BCUT2D eigenvalue weighted by Crippen LogP contribution is 2.13. The predicted octanol–water partition coefficient (Wildman–Crippen LogP) is 2.49. The van der Waals surface area contributed by atoms with E-state index in [1.165, 1.54) is 6.20 Å². The van der Waals surface area contributed by atoms with E-state index in [-0.39, 0.29) is 5.97 Å². The number of anilines is 1. The van der Waals surface area contributed by atoms with Gasteiger partial charge in [0.2, 0.25) is 0 Å². The van der Waals surface area contributed by atoms with Crippen molar-refractivity contribution in [1.82, 2.24) is 4.98 Å². The van der Waals surface area contributed by atoms with Crippen LogP contribution < -0.4 is 4.90 Å². The number of nitrogens with zero attached hydrogens (tertiary/aromatic N) is 2. The molecule has 0 aliphatic carbocycles. The van der Waals surface area contributed by atoms with Gasteiger partial charge in [-0.1, -0.05) is 0 Å². The van der Waals surface area contributed by atoms with Crippen LogP contribution in [-0.4, -0.2) is 24.6 Å². The second kappa shape index (κ2) is 6.04. The largest absolute Gasteiger partial charge is 0.467 e. The van der Waals surface area contributed by atoms with Crippen LogP contribution in [0.3, 0.4) is 0 Å². The molecule has 0 unspecified atom stereocenters. The minimum Gasteiger partial charge on any atom is -0.467 e. The van der Waals surface area contributed by atoms with Crippen LogP contribution in [0.4, 0.5) is 5.82 Å². The molecule has 0 aliphatic rings. The van der Waals surface area contributed by atoms with Crippen molar-refractivity contribution >= 4 is 11.8 Å². The molecular formula is C14H16N2O3. The Hall–Kier alpha value is -2.30. The average molecular weight is 260 g/mol. The van der Waals surface area contributed by atoms with Gasteiger partial charge >= 0.3 is 5.97 Å². The first-order valence-corrected chi connectivity index (χ1v) is 6.07. The van der Waals surface area contributed by atoms with Gasteiger partial charge in [-0.3, -0.25) is 0 Å². The highest BCUT2D eigenvalue weighted by atomic mass is 16.5. The highest BCUT2D eigenvalue weighted by molar-refractivity contribution is 5.89. The Morgan fingerprint density at radius 2 is 2.26 bits per heavy atom. The van der Waals surface area contributed by atoms with E-state index in [0.29, 0.717) is 18.7 Å². The van der Waals surface area contributed by atoms with E-state index >= 15 is 0 Å². The lowest BCUT2D eigenvalue weighted by Crippen LogP contribution is -2.17. The van der Waals surface area contributed by atoms with Crippen molar-refractivity contribution in [2.75, 3.05) is 18.6 Å². The first kappa shape index (κ1) is 13.1. The number of hydrogen-bond donors (Lipinski definition) is 0. The van der Waals surface area contributed by atoms with E-state index < -0.39 is 0 Å². The predicted molar refractivity (Wildman–Crippen MR) is 71.0 cm³/mol. The molecule has 0 bridgehead atoms. The van der Waals surface area contributed by atoms with Gasteiger partial charge in [-0.15, -0.1) is 0 Å². The van der Waals surface area contributed by atoms with Crippen molar-refractivity contribution in [2.24, 2.45) is 0 Å². The van der Waals surface area contributed by atoms with Crippen molar-refractivity contribution in [2.45, 2.75) is 13.5 Å². The number of carbonyl (C=O) groups excluding carboxylic acids is 1. The normalized spacial score (nSPS) is 10.2. The molecule has 0 aromatic carbocycles. The zero-order chi connectivity index (χ0) is 13.7. The van der Waals surface area contributed by atoms with Crippen LogP contribution in [-0.2, 0) is 11.3 Å². The first-order chi connectivity index (χ1) is 9.20. The Balaban J connectivity index is 2.03. The van der Waals surface area contributed by atoms with E-state index in [1.807, 2.05) is 24.1 Å². The van der Waals surface area contributed by atoms with Gasteiger partial charge in [-0.05, 0) is 31.2 Å². The quantitative estimate of drug-likeness (QED) is 0.773. The lowest BCUT2D eigenvalue weighted by atomic mass is 10.3. The Kier molecular flexibility index (Phi) is 4.18. The first-order valence-electron chi connectivity index (χ1n) is 6.07. The van der Waals surface area contributed by atoms with Crippen LogP contribution in [0.1, 0.15) is 23.0 Å². The fourth-order valence-corrected chi connectivity index (χ4v) is 1.66. The molecule has 0 aliphatic heterocycles. The van der Waals surface area contributed by atoms with Gasteiger partial charge in [0.1, 0.15) is 11.6 Å². The summed E-state index contributed by atoms with van der Waals surface area (Å²) < 4.78 is 10.2. The summed E-state index contributed by atoms with van der Waals surface area (Å²) in [6, 6.07) is 7.25. The molecule has 2 aromatic rings. The molecule has 0 fully saturated rings. The van der Waals surface area contributed by atoms with Gasteiger partial charge in [0, 0.05) is 13.2 Å². The van der Waals surface area contributed by atoms with Crippen molar-refractivity contribution in [3.8, 4) is 0 Å². The Morgan fingerprint density at radius 3 is 2.84 bits per heavy atom. The summed E-state index contributed by atoms with van der Waals surface area (Å²) in [5.41, 5.74) is 0.456. The minimum absolute atomic E-state index is 0.352. The van der Waals surface area contributed by atoms with Crippen LogP contribution in [0.15, 0.2) is 41.1 Å². The molecule has 5 nitrogen and oxygen atoms in total. The summed E-state index contributed by atoms with van der Waals surface area (Å²) in [5.74, 6) is 1.28. The molecule has 0 spiro atoms. The molecule has 19 heavy (non-hydrogen) atoms. The molecule has 0 amide bonds. The molecule has 0 saturated carbocycles. The van der Waals surface area contributed by atoms with E-state index in [2.05, 4.69) is 4.98 Å². The fraction of sp³-hybridized carbons (Fsp3) is 0.286. The van der Waals surface area contributed by atoms with Gasteiger partial charge < -0.3 is 14.1 Å². The fourth-order valence-electron chi connectivity index (χ4n) is 1.66. The smallest absolute Gasteiger partial charge is 0.339 e. The van der Waals surface area contributed by atoms with E-state index in [9.17, 15) is 4.79 Å². The van der Waals surface area contributed by atoms with Crippen molar-refractivity contribution in [1.29, 1.82) is 0 Å². The summed E-state index contributed by atoms with van der Waals surface area (Å²) >= 11 is 0. The monoisotopic (exact) mass is 260 g/mol. The van der Waals surface area contributed by atoms with E-state index in [1.54, 1.807) is 25.3 Å². The number of ether oxygens (including phenoxy) is 1. The van der Waals surface area contributed by atoms with Gasteiger partial charge in [-0.2, -0.15) is 0 Å². The number of pyridine rings is 1.